The molecule has 0 aromatic heterocycles. The van der Waals surface area contributed by atoms with Crippen molar-refractivity contribution in [3.8, 4) is 6.07 Å². The van der Waals surface area contributed by atoms with Crippen LogP contribution in [-0.4, -0.2) is 36.1 Å². The molecule has 0 aromatic carbocycles. The lowest BCUT2D eigenvalue weighted by Crippen LogP contribution is -2.22. The molecule has 0 bridgehead atoms. The van der Waals surface area contributed by atoms with Crippen molar-refractivity contribution in [2.24, 2.45) is 5.73 Å². The minimum absolute atomic E-state index is 0.201. The number of nitrogens with zero attached hydrogens (tertiary/aromatic N) is 2. The number of allylic oxidation sites excluding steroid dienone is 1. The summed E-state index contributed by atoms with van der Waals surface area (Å²) in [6.07, 6.45) is 5.15. The van der Waals surface area contributed by atoms with E-state index in [2.05, 4.69) is 10.2 Å². The summed E-state index contributed by atoms with van der Waals surface area (Å²) in [7, 11) is 0. The van der Waals surface area contributed by atoms with Gasteiger partial charge in [-0.3, -0.25) is 0 Å². The van der Waals surface area contributed by atoms with Crippen molar-refractivity contribution in [2.45, 2.75) is 32.6 Å². The maximum Gasteiger partial charge on any atom is 0.116 e. The fraction of sp³-hybridized carbons (Fsp3) is 0.692. The summed E-state index contributed by atoms with van der Waals surface area (Å²) in [6, 6.07) is 2.05. The summed E-state index contributed by atoms with van der Waals surface area (Å²) in [5.41, 5.74) is 6.82. The molecule has 0 aliphatic carbocycles. The monoisotopic (exact) mass is 266 g/mol. The quantitative estimate of drug-likeness (QED) is 0.451. The van der Waals surface area contributed by atoms with Crippen LogP contribution >= 0.6 is 12.2 Å². The van der Waals surface area contributed by atoms with Crippen LogP contribution in [0.2, 0.25) is 0 Å². The SMILES string of the molecule is C/C(=C(\C#N)C(N)=S)N1CCCC1.C1CCNC1. The summed E-state index contributed by atoms with van der Waals surface area (Å²) in [6.45, 7) is 6.43. The molecule has 2 fully saturated rings. The molecule has 0 aromatic rings. The second-order valence-corrected chi connectivity index (χ2v) is 5.03. The fourth-order valence-corrected chi connectivity index (χ4v) is 2.34. The van der Waals surface area contributed by atoms with E-state index in [0.717, 1.165) is 18.8 Å². The predicted molar refractivity (Wildman–Crippen MR) is 78.0 cm³/mol. The van der Waals surface area contributed by atoms with E-state index >= 15 is 0 Å². The first-order valence-electron chi connectivity index (χ1n) is 6.53. The summed E-state index contributed by atoms with van der Waals surface area (Å²) in [4.78, 5) is 2.37. The average molecular weight is 266 g/mol. The number of nitrogens with two attached hydrogens (primary N) is 1. The maximum atomic E-state index is 8.83. The standard InChI is InChI=1S/C9H13N3S.C4H9N/c1-7(8(6-10)9(11)13)12-4-2-3-5-12;1-2-4-5-3-1/h2-5H2,1H3,(H2,11,13);5H,1-4H2/b8-7-;. The lowest BCUT2D eigenvalue weighted by molar-refractivity contribution is 0.426. The van der Waals surface area contributed by atoms with Crippen LogP contribution in [0.5, 0.6) is 0 Å². The van der Waals surface area contributed by atoms with Crippen LogP contribution in [0.1, 0.15) is 32.6 Å². The van der Waals surface area contributed by atoms with E-state index in [9.17, 15) is 0 Å². The molecule has 0 unspecified atom stereocenters. The van der Waals surface area contributed by atoms with Gasteiger partial charge in [0, 0.05) is 18.8 Å². The molecule has 2 saturated heterocycles. The van der Waals surface area contributed by atoms with Gasteiger partial charge in [0.1, 0.15) is 16.6 Å². The highest BCUT2D eigenvalue weighted by Gasteiger charge is 2.16. The van der Waals surface area contributed by atoms with Gasteiger partial charge in [-0.15, -0.1) is 0 Å². The molecule has 2 aliphatic rings. The third-order valence-electron chi connectivity index (χ3n) is 3.26. The molecule has 0 spiro atoms. The molecule has 2 rings (SSSR count). The number of hydrogen-bond donors (Lipinski definition) is 2. The van der Waals surface area contributed by atoms with Crippen LogP contribution in [0, 0.1) is 11.3 Å². The number of nitrogens with one attached hydrogen (secondary N) is 1. The normalized spacial score (nSPS) is 19.7. The highest BCUT2D eigenvalue weighted by atomic mass is 32.1. The van der Waals surface area contributed by atoms with Crippen molar-refractivity contribution < 1.29 is 0 Å². The Kier molecular flexibility index (Phi) is 6.69. The number of nitriles is 1. The Morgan fingerprint density at radius 3 is 2.11 bits per heavy atom. The maximum absolute atomic E-state index is 8.83. The molecule has 0 radical (unpaired) electrons. The minimum Gasteiger partial charge on any atom is -0.389 e. The van der Waals surface area contributed by atoms with Gasteiger partial charge in [-0.2, -0.15) is 5.26 Å². The van der Waals surface area contributed by atoms with Crippen LogP contribution in [0.4, 0.5) is 0 Å². The van der Waals surface area contributed by atoms with Crippen molar-refractivity contribution in [3.05, 3.63) is 11.3 Å². The van der Waals surface area contributed by atoms with Gasteiger partial charge in [0.25, 0.3) is 0 Å². The second kappa shape index (κ2) is 8.06. The van der Waals surface area contributed by atoms with Crippen LogP contribution in [0.3, 0.4) is 0 Å². The smallest absolute Gasteiger partial charge is 0.116 e. The van der Waals surface area contributed by atoms with Gasteiger partial charge in [-0.1, -0.05) is 12.2 Å². The Bertz CT molecular complexity index is 339. The van der Waals surface area contributed by atoms with Crippen molar-refractivity contribution in [1.82, 2.24) is 10.2 Å². The molecular weight excluding hydrogens is 244 g/mol. The lowest BCUT2D eigenvalue weighted by Gasteiger charge is -2.19. The summed E-state index contributed by atoms with van der Waals surface area (Å²) in [5, 5.41) is 12.0. The van der Waals surface area contributed by atoms with Gasteiger partial charge >= 0.3 is 0 Å². The Morgan fingerprint density at radius 1 is 1.22 bits per heavy atom. The molecule has 0 saturated carbocycles. The van der Waals surface area contributed by atoms with E-state index < -0.39 is 0 Å². The molecule has 4 nitrogen and oxygen atoms in total. The van der Waals surface area contributed by atoms with Crippen LogP contribution in [0.15, 0.2) is 11.3 Å². The summed E-state index contributed by atoms with van der Waals surface area (Å²) < 4.78 is 0. The number of likely N-dealkylation sites (tertiary alicyclic amines) is 1. The molecule has 0 atom stereocenters. The summed E-state index contributed by atoms with van der Waals surface area (Å²) in [5.74, 6) is 0. The molecule has 0 amide bonds. The Morgan fingerprint density at radius 2 is 1.78 bits per heavy atom. The third-order valence-corrected chi connectivity index (χ3v) is 3.46. The largest absolute Gasteiger partial charge is 0.389 e. The molecule has 2 aliphatic heterocycles. The second-order valence-electron chi connectivity index (χ2n) is 4.59. The van der Waals surface area contributed by atoms with Gasteiger partial charge in [0.2, 0.25) is 0 Å². The van der Waals surface area contributed by atoms with E-state index in [4.69, 9.17) is 23.2 Å². The first-order valence-corrected chi connectivity index (χ1v) is 6.94. The Labute approximate surface area is 115 Å². The van der Waals surface area contributed by atoms with E-state index in [-0.39, 0.29) is 4.99 Å². The Hall–Kier alpha value is -1.12. The van der Waals surface area contributed by atoms with Gasteiger partial charge < -0.3 is 16.0 Å². The minimum atomic E-state index is 0.201. The molecular formula is C13H22N4S. The van der Waals surface area contributed by atoms with Gasteiger partial charge in [-0.05, 0) is 45.7 Å². The van der Waals surface area contributed by atoms with Crippen LogP contribution in [-0.2, 0) is 0 Å². The molecule has 3 N–H and O–H groups in total. The highest BCUT2D eigenvalue weighted by molar-refractivity contribution is 7.80. The fourth-order valence-electron chi connectivity index (χ4n) is 2.15. The zero-order chi connectivity index (χ0) is 13.4. The van der Waals surface area contributed by atoms with E-state index in [1.807, 2.05) is 13.0 Å². The van der Waals surface area contributed by atoms with Crippen molar-refractivity contribution in [3.63, 3.8) is 0 Å². The van der Waals surface area contributed by atoms with Crippen LogP contribution < -0.4 is 11.1 Å². The zero-order valence-electron chi connectivity index (χ0n) is 11.0. The van der Waals surface area contributed by atoms with Crippen LogP contribution in [0.25, 0.3) is 0 Å². The van der Waals surface area contributed by atoms with Gasteiger partial charge in [0.15, 0.2) is 0 Å². The average Bonchev–Trinajstić information content (AvgIpc) is 3.06. The van der Waals surface area contributed by atoms with Crippen molar-refractivity contribution in [1.29, 1.82) is 5.26 Å². The van der Waals surface area contributed by atoms with E-state index in [1.54, 1.807) is 0 Å². The molecule has 18 heavy (non-hydrogen) atoms. The molecule has 100 valence electrons. The topological polar surface area (TPSA) is 65.1 Å². The number of thiocarbonyl (C=S) groups is 1. The highest BCUT2D eigenvalue weighted by Crippen LogP contribution is 2.17. The van der Waals surface area contributed by atoms with Gasteiger partial charge in [0.05, 0.1) is 0 Å². The third kappa shape index (κ3) is 4.63. The van der Waals surface area contributed by atoms with Crippen molar-refractivity contribution >= 4 is 17.2 Å². The van der Waals surface area contributed by atoms with E-state index in [1.165, 1.54) is 38.8 Å². The number of hydrogen-bond acceptors (Lipinski definition) is 4. The predicted octanol–water partition coefficient (Wildman–Crippen LogP) is 1.54. The molecule has 2 heterocycles. The number of rotatable bonds is 2. The summed E-state index contributed by atoms with van der Waals surface area (Å²) >= 11 is 4.80. The molecule has 5 heteroatoms. The van der Waals surface area contributed by atoms with Gasteiger partial charge in [-0.25, -0.2) is 0 Å². The Balaban J connectivity index is 0.000000269. The first-order chi connectivity index (χ1) is 8.66. The lowest BCUT2D eigenvalue weighted by atomic mass is 10.2. The first kappa shape index (κ1) is 14.9. The van der Waals surface area contributed by atoms with Crippen molar-refractivity contribution in [2.75, 3.05) is 26.2 Å². The van der Waals surface area contributed by atoms with E-state index in [0.29, 0.717) is 5.57 Å². The zero-order valence-corrected chi connectivity index (χ0v) is 11.9.